The fraction of sp³-hybridized carbons (Fsp3) is 0.176. The third-order valence-corrected chi connectivity index (χ3v) is 3.78. The number of urea groups is 1. The molecule has 0 aliphatic carbocycles. The molecule has 24 heavy (non-hydrogen) atoms. The molecule has 1 aliphatic rings. The summed E-state index contributed by atoms with van der Waals surface area (Å²) < 4.78 is 5.69. The molecular formula is C17H16ClN3O3. The Hall–Kier alpha value is -2.73. The lowest BCUT2D eigenvalue weighted by Crippen LogP contribution is -2.45. The van der Waals surface area contributed by atoms with Gasteiger partial charge >= 0.3 is 6.03 Å². The molecule has 0 radical (unpaired) electrons. The van der Waals surface area contributed by atoms with Crippen molar-refractivity contribution in [1.82, 2.24) is 0 Å². The molecule has 7 heteroatoms. The van der Waals surface area contributed by atoms with Crippen molar-refractivity contribution in [3.63, 3.8) is 0 Å². The third-order valence-electron chi connectivity index (χ3n) is 3.53. The van der Waals surface area contributed by atoms with Crippen molar-refractivity contribution in [3.05, 3.63) is 47.5 Å². The molecule has 0 spiro atoms. The lowest BCUT2D eigenvalue weighted by molar-refractivity contribution is -0.129. The largest absolute Gasteiger partial charge is 0.476 e. The number of halogens is 1. The summed E-state index contributed by atoms with van der Waals surface area (Å²) in [4.78, 5) is 24.2. The highest BCUT2D eigenvalue weighted by molar-refractivity contribution is 6.30. The molecule has 1 heterocycles. The Morgan fingerprint density at radius 2 is 1.83 bits per heavy atom. The van der Waals surface area contributed by atoms with Crippen LogP contribution in [0.3, 0.4) is 0 Å². The molecule has 1 aliphatic heterocycles. The normalized spacial score (nSPS) is 14.9. The molecule has 0 fully saturated rings. The summed E-state index contributed by atoms with van der Waals surface area (Å²) in [6, 6.07) is 11.5. The van der Waals surface area contributed by atoms with Crippen molar-refractivity contribution in [3.8, 4) is 5.75 Å². The Labute approximate surface area is 144 Å². The first kappa shape index (κ1) is 16.1. The number of carbonyl (C=O) groups is 2. The first-order valence-electron chi connectivity index (χ1n) is 7.32. The standard InChI is InChI=1S/C17H16ClN3O3/c1-17(2)15(22)21-14-12(4-3-5-13(14)24-17)20-16(23)19-11-8-6-10(18)7-9-11/h3-9H,1-2H3,(H,21,22)(H2,19,20,23). The summed E-state index contributed by atoms with van der Waals surface area (Å²) in [5.41, 5.74) is 0.524. The van der Waals surface area contributed by atoms with Crippen LogP contribution in [-0.4, -0.2) is 17.5 Å². The van der Waals surface area contributed by atoms with Crippen molar-refractivity contribution >= 4 is 40.6 Å². The molecule has 2 aromatic rings. The maximum Gasteiger partial charge on any atom is 0.323 e. The number of nitrogens with one attached hydrogen (secondary N) is 3. The van der Waals surface area contributed by atoms with Gasteiger partial charge in [-0.25, -0.2) is 4.79 Å². The summed E-state index contributed by atoms with van der Waals surface area (Å²) >= 11 is 5.81. The van der Waals surface area contributed by atoms with E-state index < -0.39 is 11.6 Å². The Balaban J connectivity index is 1.78. The number of carbonyl (C=O) groups excluding carboxylic acids is 2. The molecule has 0 aromatic heterocycles. The van der Waals surface area contributed by atoms with E-state index in [9.17, 15) is 9.59 Å². The first-order valence-corrected chi connectivity index (χ1v) is 7.70. The molecule has 6 nitrogen and oxygen atoms in total. The van der Waals surface area contributed by atoms with Crippen molar-refractivity contribution in [2.75, 3.05) is 16.0 Å². The van der Waals surface area contributed by atoms with Crippen molar-refractivity contribution in [2.45, 2.75) is 19.4 Å². The molecule has 3 N–H and O–H groups in total. The van der Waals surface area contributed by atoms with Gasteiger partial charge in [0.15, 0.2) is 5.60 Å². The number of anilines is 3. The lowest BCUT2D eigenvalue weighted by Gasteiger charge is -2.32. The summed E-state index contributed by atoms with van der Waals surface area (Å²) in [6.45, 7) is 3.36. The number of rotatable bonds is 2. The quantitative estimate of drug-likeness (QED) is 0.766. The van der Waals surface area contributed by atoms with E-state index in [1.54, 1.807) is 56.3 Å². The number of hydrogen-bond acceptors (Lipinski definition) is 3. The van der Waals surface area contributed by atoms with Crippen LogP contribution in [0.2, 0.25) is 5.02 Å². The molecule has 0 saturated heterocycles. The highest BCUT2D eigenvalue weighted by Crippen LogP contribution is 2.38. The number of ether oxygens (including phenoxy) is 1. The molecule has 124 valence electrons. The van der Waals surface area contributed by atoms with Crippen LogP contribution >= 0.6 is 11.6 Å². The van der Waals surface area contributed by atoms with E-state index in [1.165, 1.54) is 0 Å². The molecule has 0 unspecified atom stereocenters. The topological polar surface area (TPSA) is 79.5 Å². The average molecular weight is 346 g/mol. The Morgan fingerprint density at radius 3 is 2.54 bits per heavy atom. The highest BCUT2D eigenvalue weighted by Gasteiger charge is 2.36. The third kappa shape index (κ3) is 3.28. The van der Waals surface area contributed by atoms with Gasteiger partial charge < -0.3 is 20.7 Å². The Bertz CT molecular complexity index is 803. The number of para-hydroxylation sites is 1. The number of benzene rings is 2. The monoisotopic (exact) mass is 345 g/mol. The summed E-state index contributed by atoms with van der Waals surface area (Å²) in [5.74, 6) is 0.228. The van der Waals surface area contributed by atoms with Gasteiger partial charge in [0.1, 0.15) is 11.4 Å². The smallest absolute Gasteiger partial charge is 0.323 e. The summed E-state index contributed by atoms with van der Waals surface area (Å²) in [7, 11) is 0. The van der Waals surface area contributed by atoms with Gasteiger partial charge in [-0.1, -0.05) is 17.7 Å². The number of hydrogen-bond donors (Lipinski definition) is 3. The predicted octanol–water partition coefficient (Wildman–Crippen LogP) is 4.09. The van der Waals surface area contributed by atoms with E-state index in [1.807, 2.05) is 0 Å². The van der Waals surface area contributed by atoms with E-state index in [-0.39, 0.29) is 5.91 Å². The summed E-state index contributed by atoms with van der Waals surface area (Å²) in [5, 5.41) is 8.75. The van der Waals surface area contributed by atoms with Gasteiger partial charge in [0.25, 0.3) is 5.91 Å². The van der Waals surface area contributed by atoms with Gasteiger partial charge in [0, 0.05) is 10.7 Å². The highest BCUT2D eigenvalue weighted by atomic mass is 35.5. The zero-order chi connectivity index (χ0) is 17.3. The molecule has 2 aromatic carbocycles. The fourth-order valence-corrected chi connectivity index (χ4v) is 2.38. The van der Waals surface area contributed by atoms with Crippen LogP contribution in [0.25, 0.3) is 0 Å². The van der Waals surface area contributed by atoms with Crippen LogP contribution in [0.4, 0.5) is 21.9 Å². The second kappa shape index (κ2) is 6.05. The van der Waals surface area contributed by atoms with Crippen LogP contribution < -0.4 is 20.7 Å². The molecule has 3 rings (SSSR count). The first-order chi connectivity index (χ1) is 11.3. The number of amides is 3. The van der Waals surface area contributed by atoms with Crippen LogP contribution in [-0.2, 0) is 4.79 Å². The van der Waals surface area contributed by atoms with Crippen LogP contribution in [0, 0.1) is 0 Å². The second-order valence-electron chi connectivity index (χ2n) is 5.83. The molecule has 0 atom stereocenters. The van der Waals surface area contributed by atoms with Crippen LogP contribution in [0.5, 0.6) is 5.75 Å². The van der Waals surface area contributed by atoms with Crippen LogP contribution in [0.15, 0.2) is 42.5 Å². The van der Waals surface area contributed by atoms with Gasteiger partial charge in [-0.05, 0) is 50.2 Å². The fourth-order valence-electron chi connectivity index (χ4n) is 2.25. The van der Waals surface area contributed by atoms with Gasteiger partial charge in [-0.3, -0.25) is 4.79 Å². The minimum absolute atomic E-state index is 0.276. The van der Waals surface area contributed by atoms with Crippen LogP contribution in [0.1, 0.15) is 13.8 Å². The van der Waals surface area contributed by atoms with Crippen molar-refractivity contribution in [1.29, 1.82) is 0 Å². The van der Waals surface area contributed by atoms with E-state index in [2.05, 4.69) is 16.0 Å². The maximum absolute atomic E-state index is 12.2. The zero-order valence-corrected chi connectivity index (χ0v) is 13.9. The van der Waals surface area contributed by atoms with E-state index in [0.29, 0.717) is 27.8 Å². The van der Waals surface area contributed by atoms with Gasteiger partial charge in [0.2, 0.25) is 0 Å². The van der Waals surface area contributed by atoms with Gasteiger partial charge in [-0.2, -0.15) is 0 Å². The van der Waals surface area contributed by atoms with Crippen molar-refractivity contribution < 1.29 is 14.3 Å². The minimum atomic E-state index is -0.961. The zero-order valence-electron chi connectivity index (χ0n) is 13.1. The second-order valence-corrected chi connectivity index (χ2v) is 6.27. The Kier molecular flexibility index (Phi) is 4.07. The summed E-state index contributed by atoms with van der Waals surface area (Å²) in [6.07, 6.45) is 0. The Morgan fingerprint density at radius 1 is 1.12 bits per heavy atom. The minimum Gasteiger partial charge on any atom is -0.476 e. The molecule has 0 saturated carbocycles. The van der Waals surface area contributed by atoms with Gasteiger partial charge in [0.05, 0.1) is 5.69 Å². The number of fused-ring (bicyclic) bond motifs is 1. The SMILES string of the molecule is CC1(C)Oc2cccc(NC(=O)Nc3ccc(Cl)cc3)c2NC1=O. The van der Waals surface area contributed by atoms with Crippen molar-refractivity contribution in [2.24, 2.45) is 0 Å². The van der Waals surface area contributed by atoms with E-state index in [0.717, 1.165) is 0 Å². The predicted molar refractivity (Wildman–Crippen MR) is 93.9 cm³/mol. The lowest BCUT2D eigenvalue weighted by atomic mass is 10.1. The molecular weight excluding hydrogens is 330 g/mol. The molecule has 0 bridgehead atoms. The van der Waals surface area contributed by atoms with E-state index >= 15 is 0 Å². The van der Waals surface area contributed by atoms with E-state index in [4.69, 9.17) is 16.3 Å². The van der Waals surface area contributed by atoms with Gasteiger partial charge in [-0.15, -0.1) is 0 Å². The maximum atomic E-state index is 12.2. The molecule has 3 amide bonds. The average Bonchev–Trinajstić information content (AvgIpc) is 2.51.